The lowest BCUT2D eigenvalue weighted by molar-refractivity contribution is -0.166. The largest absolute Gasteiger partial charge is 0.478 e. The summed E-state index contributed by atoms with van der Waals surface area (Å²) in [4.78, 5) is 36.3. The molecule has 0 amide bonds. The van der Waals surface area contributed by atoms with Crippen molar-refractivity contribution in [3.63, 3.8) is 0 Å². The Hall–Kier alpha value is -2.37. The molecule has 2 saturated carbocycles. The molecule has 1 N–H and O–H groups in total. The highest BCUT2D eigenvalue weighted by atomic mass is 16.5. The van der Waals surface area contributed by atoms with Gasteiger partial charge < -0.3 is 14.6 Å². The maximum Gasteiger partial charge on any atom is 0.330 e. The second-order valence-corrected chi connectivity index (χ2v) is 15.0. The number of aliphatic carboxylic acids is 1. The van der Waals surface area contributed by atoms with E-state index < -0.39 is 5.97 Å². The van der Waals surface area contributed by atoms with Crippen LogP contribution in [-0.2, 0) is 23.9 Å². The average molecular weight is 583 g/mol. The molecule has 42 heavy (non-hydrogen) atoms. The van der Waals surface area contributed by atoms with E-state index in [1.165, 1.54) is 18.1 Å². The lowest BCUT2D eigenvalue weighted by Crippen LogP contribution is -2.56. The highest BCUT2D eigenvalue weighted by molar-refractivity contribution is 5.85. The molecule has 4 aliphatic carbocycles. The van der Waals surface area contributed by atoms with E-state index in [9.17, 15) is 19.5 Å². The third kappa shape index (κ3) is 5.19. The van der Waals surface area contributed by atoms with Crippen LogP contribution in [0.4, 0.5) is 0 Å². The fourth-order valence-electron chi connectivity index (χ4n) is 9.75. The molecule has 4 aliphatic rings. The number of carbonyl (C=O) groups excluding carboxylic acids is 2. The average Bonchev–Trinajstić information content (AvgIpc) is 3.12. The van der Waals surface area contributed by atoms with E-state index in [1.54, 1.807) is 6.92 Å². The van der Waals surface area contributed by atoms with E-state index in [0.717, 1.165) is 51.4 Å². The molecule has 2 fully saturated rings. The van der Waals surface area contributed by atoms with Crippen LogP contribution in [0.2, 0.25) is 0 Å². The summed E-state index contributed by atoms with van der Waals surface area (Å²) in [7, 11) is 0. The molecule has 6 nitrogen and oxygen atoms in total. The Balaban J connectivity index is 1.73. The third-order valence-electron chi connectivity index (χ3n) is 12.4. The summed E-state index contributed by atoms with van der Waals surface area (Å²) in [5.41, 5.74) is 2.54. The van der Waals surface area contributed by atoms with E-state index >= 15 is 0 Å². The molecule has 234 valence electrons. The summed E-state index contributed by atoms with van der Waals surface area (Å²) in [5.74, 6) is -0.160. The van der Waals surface area contributed by atoms with Crippen molar-refractivity contribution in [2.75, 3.05) is 0 Å². The molecule has 0 aliphatic heterocycles. The molecule has 0 bridgehead atoms. The molecule has 0 radical (unpaired) electrons. The number of rotatable bonds is 9. The molecule has 0 spiro atoms. The van der Waals surface area contributed by atoms with E-state index in [2.05, 4.69) is 53.7 Å². The first-order valence-corrected chi connectivity index (χ1v) is 16.2. The van der Waals surface area contributed by atoms with Crippen LogP contribution in [-0.4, -0.2) is 35.2 Å². The first kappa shape index (κ1) is 32.5. The van der Waals surface area contributed by atoms with Crippen molar-refractivity contribution >= 4 is 17.9 Å². The van der Waals surface area contributed by atoms with Crippen LogP contribution in [0.15, 0.2) is 34.9 Å². The number of fused-ring (bicyclic) bond motifs is 5. The van der Waals surface area contributed by atoms with Crippen molar-refractivity contribution in [3.8, 4) is 0 Å². The summed E-state index contributed by atoms with van der Waals surface area (Å²) in [6.07, 6.45) is 13.8. The Labute approximate surface area is 253 Å². The van der Waals surface area contributed by atoms with Gasteiger partial charge in [-0.1, -0.05) is 66.7 Å². The summed E-state index contributed by atoms with van der Waals surface area (Å²) < 4.78 is 12.3. The molecule has 0 aromatic heterocycles. The van der Waals surface area contributed by atoms with E-state index in [1.807, 2.05) is 13.0 Å². The van der Waals surface area contributed by atoms with Crippen LogP contribution >= 0.6 is 0 Å². The summed E-state index contributed by atoms with van der Waals surface area (Å²) >= 11 is 0. The van der Waals surface area contributed by atoms with Gasteiger partial charge in [0.1, 0.15) is 12.2 Å². The zero-order chi connectivity index (χ0) is 31.3. The van der Waals surface area contributed by atoms with Crippen molar-refractivity contribution in [3.05, 3.63) is 34.9 Å². The number of carbonyl (C=O) groups is 3. The molecule has 8 atom stereocenters. The number of carboxylic acid groups (broad SMARTS) is 1. The number of hydrogen-bond acceptors (Lipinski definition) is 5. The fraction of sp³-hybridized carbons (Fsp3) is 0.750. The van der Waals surface area contributed by atoms with E-state index in [-0.39, 0.29) is 45.8 Å². The number of esters is 2. The molecule has 0 aromatic carbocycles. The van der Waals surface area contributed by atoms with Crippen LogP contribution in [0.1, 0.15) is 120 Å². The maximum atomic E-state index is 13.0. The van der Waals surface area contributed by atoms with Crippen LogP contribution in [0.5, 0.6) is 0 Å². The predicted octanol–water partition coefficient (Wildman–Crippen LogP) is 8.21. The maximum absolute atomic E-state index is 13.0. The molecule has 6 heteroatoms. The summed E-state index contributed by atoms with van der Waals surface area (Å²) in [6, 6.07) is 0. The smallest absolute Gasteiger partial charge is 0.330 e. The Kier molecular flexibility index (Phi) is 9.00. The van der Waals surface area contributed by atoms with Crippen LogP contribution in [0.25, 0.3) is 0 Å². The van der Waals surface area contributed by atoms with Gasteiger partial charge in [-0.3, -0.25) is 9.59 Å². The minimum atomic E-state index is -0.864. The zero-order valence-corrected chi connectivity index (χ0v) is 27.5. The number of hydrogen-bond donors (Lipinski definition) is 1. The molecule has 0 aromatic rings. The molecular weight excluding hydrogens is 528 g/mol. The van der Waals surface area contributed by atoms with Crippen LogP contribution < -0.4 is 0 Å². The first-order chi connectivity index (χ1) is 19.5. The van der Waals surface area contributed by atoms with E-state index in [0.29, 0.717) is 29.7 Å². The van der Waals surface area contributed by atoms with Gasteiger partial charge in [-0.25, -0.2) is 4.79 Å². The second-order valence-electron chi connectivity index (χ2n) is 15.0. The molecule has 0 unspecified atom stereocenters. The SMILES string of the molecule is CCCC(=O)O[C@H]1C[C@H]([C@H](C)CC/C=C(\C)C(=O)O)[C@@]2(C)CC=C3C(=CC[C@H]4C(C)(C)[C@@H](OC(C)=O)CC[C@]34C)[C@]12C. The quantitative estimate of drug-likeness (QED) is 0.218. The highest BCUT2D eigenvalue weighted by Gasteiger charge is 2.67. The minimum absolute atomic E-state index is 0.0462. The van der Waals surface area contributed by atoms with Crippen molar-refractivity contribution in [1.82, 2.24) is 0 Å². The number of ether oxygens (including phenoxy) is 2. The Morgan fingerprint density at radius 3 is 2.36 bits per heavy atom. The third-order valence-corrected chi connectivity index (χ3v) is 12.4. The van der Waals surface area contributed by atoms with Gasteiger partial charge in [-0.15, -0.1) is 0 Å². The summed E-state index contributed by atoms with van der Waals surface area (Å²) in [5, 5.41) is 9.30. The van der Waals surface area contributed by atoms with Gasteiger partial charge in [0, 0.05) is 29.7 Å². The Morgan fingerprint density at radius 1 is 1.05 bits per heavy atom. The Bertz CT molecular complexity index is 1190. The van der Waals surface area contributed by atoms with Gasteiger partial charge >= 0.3 is 17.9 Å². The molecule has 0 heterocycles. The molecule has 4 rings (SSSR count). The first-order valence-electron chi connectivity index (χ1n) is 16.2. The van der Waals surface area contributed by atoms with Crippen molar-refractivity contribution in [2.24, 2.45) is 39.4 Å². The summed E-state index contributed by atoms with van der Waals surface area (Å²) in [6.45, 7) is 19.2. The monoisotopic (exact) mass is 582 g/mol. The van der Waals surface area contributed by atoms with E-state index in [4.69, 9.17) is 9.47 Å². The van der Waals surface area contributed by atoms with Crippen molar-refractivity contribution in [2.45, 2.75) is 132 Å². The van der Waals surface area contributed by atoms with Crippen LogP contribution in [0, 0.1) is 39.4 Å². The van der Waals surface area contributed by atoms with Crippen LogP contribution in [0.3, 0.4) is 0 Å². The molecule has 0 saturated heterocycles. The van der Waals surface area contributed by atoms with Gasteiger partial charge in [0.05, 0.1) is 0 Å². The fourth-order valence-corrected chi connectivity index (χ4v) is 9.75. The lowest BCUT2D eigenvalue weighted by Gasteiger charge is -2.61. The van der Waals surface area contributed by atoms with Gasteiger partial charge in [0.25, 0.3) is 0 Å². The van der Waals surface area contributed by atoms with Gasteiger partial charge in [0.2, 0.25) is 0 Å². The van der Waals surface area contributed by atoms with Crippen molar-refractivity contribution < 1.29 is 29.0 Å². The normalized spacial score (nSPS) is 37.8. The minimum Gasteiger partial charge on any atom is -0.478 e. The molecular formula is C36H54O6. The zero-order valence-electron chi connectivity index (χ0n) is 27.5. The lowest BCUT2D eigenvalue weighted by atomic mass is 9.44. The van der Waals surface area contributed by atoms with Gasteiger partial charge in [-0.05, 0) is 98.0 Å². The number of allylic oxidation sites excluding steroid dienone is 4. The highest BCUT2D eigenvalue weighted by Crippen LogP contribution is 2.72. The van der Waals surface area contributed by atoms with Crippen molar-refractivity contribution in [1.29, 1.82) is 0 Å². The Morgan fingerprint density at radius 2 is 1.74 bits per heavy atom. The predicted molar refractivity (Wildman–Crippen MR) is 164 cm³/mol. The topological polar surface area (TPSA) is 89.9 Å². The van der Waals surface area contributed by atoms with Gasteiger partial charge in [0.15, 0.2) is 0 Å². The van der Waals surface area contributed by atoms with Gasteiger partial charge in [-0.2, -0.15) is 0 Å². The standard InChI is InChI=1S/C36H54O6/c1-10-12-31(38)42-30-21-27(22(2)13-11-14-23(3)32(39)40)35(8)20-17-25-26(36(30,35)9)15-16-28-33(5,6)29(41-24(4)37)18-19-34(25,28)7/h14-15,17,22,27-30H,10-13,16,18-21H2,1-9H3,(H,39,40)/b23-14+/t22-,27-,28+,29+,30+,34-,35-,36-/m1/s1. The number of carboxylic acids is 1. The second kappa shape index (κ2) is 11.6.